The Kier molecular flexibility index (Phi) is 12.6. The normalized spacial score (nSPS) is 11.6. The molecule has 0 saturated carbocycles. The number of carbonyl (C=O) groups excluding carboxylic acids is 3. The average molecular weight is 727 g/mol. The molecule has 0 saturated heterocycles. The third kappa shape index (κ3) is 9.01. The highest BCUT2D eigenvalue weighted by molar-refractivity contribution is 6.06. The van der Waals surface area contributed by atoms with E-state index < -0.39 is 35.3 Å². The summed E-state index contributed by atoms with van der Waals surface area (Å²) < 4.78 is 11.5. The molecule has 0 fully saturated rings. The lowest BCUT2D eigenvalue weighted by Gasteiger charge is -2.37. The van der Waals surface area contributed by atoms with Gasteiger partial charge in [0.15, 0.2) is 11.5 Å². The fraction of sp³-hybridized carbons (Fsp3) is 0.163. The largest absolute Gasteiger partial charge is 0.485 e. The van der Waals surface area contributed by atoms with Gasteiger partial charge in [-0.25, -0.2) is 4.79 Å². The highest BCUT2D eigenvalue weighted by Gasteiger charge is 2.38. The first-order valence-corrected chi connectivity index (χ1v) is 17.3. The second-order valence-corrected chi connectivity index (χ2v) is 12.6. The van der Waals surface area contributed by atoms with E-state index in [0.29, 0.717) is 5.69 Å². The van der Waals surface area contributed by atoms with Crippen LogP contribution in [-0.2, 0) is 15.1 Å². The number of nitrogens with one attached hydrogen (secondary N) is 3. The van der Waals surface area contributed by atoms with Crippen molar-refractivity contribution in [3.63, 3.8) is 0 Å². The SMILES string of the molecule is C=CCOc1c(C(=O)O)ccc(NC(=O)c2ccc(NC(=O)C(N)CC(=O)NC(c3ccccc3)(c3ccccc3)c3ccccc3)cc2)c1OC(C)C. The Labute approximate surface area is 313 Å². The Bertz CT molecular complexity index is 1990. The van der Waals surface area contributed by atoms with Crippen molar-refractivity contribution in [1.29, 1.82) is 0 Å². The molecule has 1 atom stereocenters. The summed E-state index contributed by atoms with van der Waals surface area (Å²) in [6.07, 6.45) is 0.794. The Morgan fingerprint density at radius 1 is 0.759 bits per heavy atom. The predicted molar refractivity (Wildman–Crippen MR) is 208 cm³/mol. The summed E-state index contributed by atoms with van der Waals surface area (Å²) in [5, 5.41) is 18.4. The molecule has 6 N–H and O–H groups in total. The van der Waals surface area contributed by atoms with E-state index in [1.165, 1.54) is 42.5 Å². The van der Waals surface area contributed by atoms with Gasteiger partial charge in [-0.3, -0.25) is 14.4 Å². The van der Waals surface area contributed by atoms with E-state index in [-0.39, 0.29) is 47.4 Å². The number of carboxylic acids is 1. The number of hydrogen-bond donors (Lipinski definition) is 5. The number of aromatic carboxylic acids is 1. The van der Waals surface area contributed by atoms with Crippen LogP contribution in [0.3, 0.4) is 0 Å². The van der Waals surface area contributed by atoms with Crippen molar-refractivity contribution < 1.29 is 33.8 Å². The molecule has 0 spiro atoms. The van der Waals surface area contributed by atoms with E-state index in [4.69, 9.17) is 15.2 Å². The average Bonchev–Trinajstić information content (AvgIpc) is 3.18. The van der Waals surface area contributed by atoms with Crippen LogP contribution in [0, 0.1) is 0 Å². The molecule has 5 rings (SSSR count). The number of benzene rings is 5. The van der Waals surface area contributed by atoms with Crippen molar-refractivity contribution in [2.75, 3.05) is 17.2 Å². The summed E-state index contributed by atoms with van der Waals surface area (Å²) >= 11 is 0. The Morgan fingerprint density at radius 2 is 1.30 bits per heavy atom. The van der Waals surface area contributed by atoms with Crippen LogP contribution < -0.4 is 31.2 Å². The first-order valence-electron chi connectivity index (χ1n) is 17.3. The maximum Gasteiger partial charge on any atom is 0.339 e. The Morgan fingerprint density at radius 3 is 1.78 bits per heavy atom. The molecule has 11 nitrogen and oxygen atoms in total. The van der Waals surface area contributed by atoms with Crippen LogP contribution in [0.1, 0.15) is 57.7 Å². The van der Waals surface area contributed by atoms with E-state index in [9.17, 15) is 24.3 Å². The van der Waals surface area contributed by atoms with Gasteiger partial charge in [0.05, 0.1) is 24.3 Å². The number of carboxylic acid groups (broad SMARTS) is 1. The van der Waals surface area contributed by atoms with E-state index >= 15 is 0 Å². The summed E-state index contributed by atoms with van der Waals surface area (Å²) in [4.78, 5) is 52.2. The van der Waals surface area contributed by atoms with Crippen molar-refractivity contribution in [3.05, 3.63) is 168 Å². The van der Waals surface area contributed by atoms with Crippen molar-refractivity contribution in [2.24, 2.45) is 5.73 Å². The highest BCUT2D eigenvalue weighted by atomic mass is 16.5. The van der Waals surface area contributed by atoms with Crippen molar-refractivity contribution >= 4 is 35.1 Å². The van der Waals surface area contributed by atoms with E-state index in [1.807, 2.05) is 91.0 Å². The summed E-state index contributed by atoms with van der Waals surface area (Å²) in [7, 11) is 0. The van der Waals surface area contributed by atoms with Gasteiger partial charge in [-0.15, -0.1) is 0 Å². The zero-order chi connectivity index (χ0) is 38.7. The summed E-state index contributed by atoms with van der Waals surface area (Å²) in [5.41, 5.74) is 8.39. The lowest BCUT2D eigenvalue weighted by Crippen LogP contribution is -2.50. The van der Waals surface area contributed by atoms with Crippen LogP contribution in [0.15, 0.2) is 140 Å². The third-order valence-electron chi connectivity index (χ3n) is 8.39. The zero-order valence-electron chi connectivity index (χ0n) is 30.0. The number of carbonyl (C=O) groups is 4. The van der Waals surface area contributed by atoms with Gasteiger partial charge in [-0.2, -0.15) is 0 Å². The second-order valence-electron chi connectivity index (χ2n) is 12.6. The quantitative estimate of drug-likeness (QED) is 0.0549. The molecule has 3 amide bonds. The zero-order valence-corrected chi connectivity index (χ0v) is 30.0. The molecular formula is C43H42N4O7. The second kappa shape index (κ2) is 17.7. The molecule has 0 radical (unpaired) electrons. The van der Waals surface area contributed by atoms with Gasteiger partial charge < -0.3 is 36.3 Å². The van der Waals surface area contributed by atoms with Crippen LogP contribution in [0.4, 0.5) is 11.4 Å². The van der Waals surface area contributed by atoms with E-state index in [0.717, 1.165) is 16.7 Å². The van der Waals surface area contributed by atoms with Gasteiger partial charge in [0.25, 0.3) is 5.91 Å². The lowest BCUT2D eigenvalue weighted by molar-refractivity contribution is -0.126. The number of amides is 3. The topological polar surface area (TPSA) is 169 Å². The Hall–Kier alpha value is -6.72. The van der Waals surface area contributed by atoms with Gasteiger partial charge in [0.1, 0.15) is 17.7 Å². The molecule has 0 aromatic heterocycles. The van der Waals surface area contributed by atoms with Crippen LogP contribution >= 0.6 is 0 Å². The first kappa shape index (κ1) is 38.5. The monoisotopic (exact) mass is 726 g/mol. The van der Waals surface area contributed by atoms with E-state index in [1.54, 1.807) is 13.8 Å². The maximum absolute atomic E-state index is 13.8. The third-order valence-corrected chi connectivity index (χ3v) is 8.39. The van der Waals surface area contributed by atoms with Gasteiger partial charge >= 0.3 is 5.97 Å². The molecule has 5 aromatic carbocycles. The fourth-order valence-corrected chi connectivity index (χ4v) is 5.94. The fourth-order valence-electron chi connectivity index (χ4n) is 5.94. The minimum absolute atomic E-state index is 0.0173. The molecule has 0 heterocycles. The van der Waals surface area contributed by atoms with Crippen LogP contribution in [0.2, 0.25) is 0 Å². The van der Waals surface area contributed by atoms with Gasteiger partial charge in [0.2, 0.25) is 11.8 Å². The molecule has 276 valence electrons. The molecule has 1 unspecified atom stereocenters. The number of rotatable bonds is 16. The van der Waals surface area contributed by atoms with Crippen molar-refractivity contribution in [1.82, 2.24) is 5.32 Å². The minimum Gasteiger partial charge on any atom is -0.485 e. The smallest absolute Gasteiger partial charge is 0.339 e. The molecule has 0 bridgehead atoms. The summed E-state index contributed by atoms with van der Waals surface area (Å²) in [5.74, 6) is -2.74. The van der Waals surface area contributed by atoms with Gasteiger partial charge in [-0.05, 0) is 66.9 Å². The van der Waals surface area contributed by atoms with Crippen molar-refractivity contribution in [2.45, 2.75) is 38.0 Å². The highest BCUT2D eigenvalue weighted by Crippen LogP contribution is 2.40. The summed E-state index contributed by atoms with van der Waals surface area (Å²) in [6.45, 7) is 7.14. The molecule has 5 aromatic rings. The van der Waals surface area contributed by atoms with Crippen LogP contribution in [0.5, 0.6) is 11.5 Å². The predicted octanol–water partition coefficient (Wildman–Crippen LogP) is 6.75. The maximum atomic E-state index is 13.8. The number of hydrogen-bond acceptors (Lipinski definition) is 7. The standard InChI is InChI=1S/C43H42N4O7/c1-4-26-53-38-34(42(51)52)24-25-36(39(38)54-28(2)3)46-40(49)29-20-22-33(23-21-29)45-41(50)35(44)27-37(48)47-43(30-14-8-5-9-15-30,31-16-10-6-11-17-31)32-18-12-7-13-19-32/h4-25,28,35H,1,26-27,44H2,2-3H3,(H,45,50)(H,46,49)(H,47,48)(H,51,52). The molecular weight excluding hydrogens is 684 g/mol. The number of anilines is 2. The van der Waals surface area contributed by atoms with Crippen molar-refractivity contribution in [3.8, 4) is 11.5 Å². The van der Waals surface area contributed by atoms with E-state index in [2.05, 4.69) is 22.5 Å². The molecule has 11 heteroatoms. The molecule has 54 heavy (non-hydrogen) atoms. The van der Waals surface area contributed by atoms with Crippen LogP contribution in [0.25, 0.3) is 0 Å². The number of nitrogens with two attached hydrogens (primary N) is 1. The summed E-state index contributed by atoms with van der Waals surface area (Å²) in [6, 6.07) is 36.4. The molecule has 0 aliphatic carbocycles. The first-order chi connectivity index (χ1) is 26.0. The Balaban J connectivity index is 1.29. The molecule has 0 aliphatic rings. The van der Waals surface area contributed by atoms with Gasteiger partial charge in [0, 0.05) is 11.3 Å². The lowest BCUT2D eigenvalue weighted by atomic mass is 9.77. The van der Waals surface area contributed by atoms with Crippen LogP contribution in [-0.4, -0.2) is 47.6 Å². The molecule has 0 aliphatic heterocycles. The minimum atomic E-state index is -1.22. The van der Waals surface area contributed by atoms with Gasteiger partial charge in [-0.1, -0.05) is 104 Å². The number of ether oxygens (including phenoxy) is 2.